The van der Waals surface area contributed by atoms with Crippen LogP contribution in [0.1, 0.15) is 45.1 Å². The SMILES string of the molecule is CCc1cc(C(NC)C(C)C)n(CC)n1. The molecule has 1 N–H and O–H groups in total. The van der Waals surface area contributed by atoms with Gasteiger partial charge in [-0.1, -0.05) is 20.8 Å². The monoisotopic (exact) mass is 209 g/mol. The van der Waals surface area contributed by atoms with E-state index in [0.717, 1.165) is 13.0 Å². The molecule has 0 fully saturated rings. The van der Waals surface area contributed by atoms with Crippen LogP contribution in [0, 0.1) is 5.92 Å². The van der Waals surface area contributed by atoms with Crippen molar-refractivity contribution in [2.75, 3.05) is 7.05 Å². The number of rotatable bonds is 5. The van der Waals surface area contributed by atoms with E-state index in [2.05, 4.69) is 48.9 Å². The smallest absolute Gasteiger partial charge is 0.0625 e. The van der Waals surface area contributed by atoms with Gasteiger partial charge in [0.05, 0.1) is 17.4 Å². The first-order valence-electron chi connectivity index (χ1n) is 5.87. The number of nitrogens with zero attached hydrogens (tertiary/aromatic N) is 2. The highest BCUT2D eigenvalue weighted by atomic mass is 15.3. The second kappa shape index (κ2) is 5.31. The van der Waals surface area contributed by atoms with Crippen molar-refractivity contribution in [3.63, 3.8) is 0 Å². The van der Waals surface area contributed by atoms with Crippen LogP contribution >= 0.6 is 0 Å². The fraction of sp³-hybridized carbons (Fsp3) is 0.750. The summed E-state index contributed by atoms with van der Waals surface area (Å²) in [5.74, 6) is 0.585. The Hall–Kier alpha value is -0.830. The molecular formula is C12H23N3. The number of hydrogen-bond acceptors (Lipinski definition) is 2. The highest BCUT2D eigenvalue weighted by Gasteiger charge is 2.18. The molecule has 1 atom stereocenters. The van der Waals surface area contributed by atoms with Crippen LogP contribution in [-0.4, -0.2) is 16.8 Å². The highest BCUT2D eigenvalue weighted by molar-refractivity contribution is 5.15. The lowest BCUT2D eigenvalue weighted by atomic mass is 10.0. The van der Waals surface area contributed by atoms with Gasteiger partial charge in [0.2, 0.25) is 0 Å². The molecule has 1 unspecified atom stereocenters. The Bertz CT molecular complexity index is 302. The maximum Gasteiger partial charge on any atom is 0.0625 e. The zero-order valence-electron chi connectivity index (χ0n) is 10.5. The lowest BCUT2D eigenvalue weighted by Crippen LogP contribution is -2.24. The lowest BCUT2D eigenvalue weighted by Gasteiger charge is -2.20. The lowest BCUT2D eigenvalue weighted by molar-refractivity contribution is 0.409. The number of aromatic nitrogens is 2. The molecule has 1 aromatic rings. The van der Waals surface area contributed by atoms with E-state index in [1.54, 1.807) is 0 Å². The highest BCUT2D eigenvalue weighted by Crippen LogP contribution is 2.22. The minimum Gasteiger partial charge on any atom is -0.312 e. The molecule has 1 aromatic heterocycles. The predicted molar refractivity (Wildman–Crippen MR) is 63.9 cm³/mol. The van der Waals surface area contributed by atoms with Crippen LogP contribution in [-0.2, 0) is 13.0 Å². The van der Waals surface area contributed by atoms with E-state index in [1.165, 1.54) is 11.4 Å². The fourth-order valence-corrected chi connectivity index (χ4v) is 1.99. The summed E-state index contributed by atoms with van der Waals surface area (Å²) in [4.78, 5) is 0. The number of aryl methyl sites for hydroxylation is 2. The van der Waals surface area contributed by atoms with Gasteiger partial charge in [-0.3, -0.25) is 4.68 Å². The Morgan fingerprint density at radius 2 is 2.07 bits per heavy atom. The van der Waals surface area contributed by atoms with Crippen LogP contribution in [0.15, 0.2) is 6.07 Å². The molecule has 0 amide bonds. The second-order valence-electron chi connectivity index (χ2n) is 4.24. The summed E-state index contributed by atoms with van der Waals surface area (Å²) in [5, 5.41) is 7.94. The van der Waals surface area contributed by atoms with Gasteiger partial charge in [0.25, 0.3) is 0 Å². The van der Waals surface area contributed by atoms with E-state index in [1.807, 2.05) is 7.05 Å². The van der Waals surface area contributed by atoms with Gasteiger partial charge in [0, 0.05) is 6.54 Å². The molecule has 0 radical (unpaired) electrons. The summed E-state index contributed by atoms with van der Waals surface area (Å²) >= 11 is 0. The Kier molecular flexibility index (Phi) is 4.33. The molecule has 1 heterocycles. The van der Waals surface area contributed by atoms with Crippen LogP contribution in [0.3, 0.4) is 0 Å². The van der Waals surface area contributed by atoms with Crippen LogP contribution in [0.2, 0.25) is 0 Å². The van der Waals surface area contributed by atoms with Gasteiger partial charge in [0.1, 0.15) is 0 Å². The van der Waals surface area contributed by atoms with Crippen molar-refractivity contribution in [2.24, 2.45) is 5.92 Å². The minimum absolute atomic E-state index is 0.401. The second-order valence-corrected chi connectivity index (χ2v) is 4.24. The van der Waals surface area contributed by atoms with E-state index in [4.69, 9.17) is 0 Å². The average Bonchev–Trinajstić information content (AvgIpc) is 2.61. The molecule has 0 bridgehead atoms. The average molecular weight is 209 g/mol. The normalized spacial score (nSPS) is 13.5. The van der Waals surface area contributed by atoms with E-state index in [-0.39, 0.29) is 0 Å². The largest absolute Gasteiger partial charge is 0.312 e. The van der Waals surface area contributed by atoms with Crippen LogP contribution in [0.25, 0.3) is 0 Å². The number of nitrogens with one attached hydrogen (secondary N) is 1. The van der Waals surface area contributed by atoms with Crippen molar-refractivity contribution in [1.29, 1.82) is 0 Å². The maximum absolute atomic E-state index is 4.58. The third kappa shape index (κ3) is 2.59. The Labute approximate surface area is 92.9 Å². The molecule has 0 saturated carbocycles. The summed E-state index contributed by atoms with van der Waals surface area (Å²) in [7, 11) is 2.02. The molecule has 0 spiro atoms. The Morgan fingerprint density at radius 3 is 2.47 bits per heavy atom. The molecule has 0 aliphatic heterocycles. The molecule has 0 aromatic carbocycles. The van der Waals surface area contributed by atoms with Crippen molar-refractivity contribution >= 4 is 0 Å². The van der Waals surface area contributed by atoms with Crippen LogP contribution in [0.4, 0.5) is 0 Å². The molecule has 0 aliphatic rings. The third-order valence-electron chi connectivity index (χ3n) is 2.82. The van der Waals surface area contributed by atoms with Gasteiger partial charge in [-0.25, -0.2) is 0 Å². The van der Waals surface area contributed by atoms with Crippen LogP contribution < -0.4 is 5.32 Å². The molecule has 86 valence electrons. The Morgan fingerprint density at radius 1 is 1.40 bits per heavy atom. The third-order valence-corrected chi connectivity index (χ3v) is 2.82. The van der Waals surface area contributed by atoms with E-state index in [0.29, 0.717) is 12.0 Å². The molecule has 1 rings (SSSR count). The van der Waals surface area contributed by atoms with Crippen molar-refractivity contribution in [3.8, 4) is 0 Å². The zero-order valence-corrected chi connectivity index (χ0v) is 10.5. The molecule has 0 aliphatic carbocycles. The van der Waals surface area contributed by atoms with Gasteiger partial charge in [-0.15, -0.1) is 0 Å². The molecule has 3 nitrogen and oxygen atoms in total. The standard InChI is InChI=1S/C12H23N3/c1-6-10-8-11(15(7-2)14-10)12(13-5)9(3)4/h8-9,12-13H,6-7H2,1-5H3. The predicted octanol–water partition coefficient (Wildman–Crippen LogP) is 2.38. The van der Waals surface area contributed by atoms with E-state index < -0.39 is 0 Å². The van der Waals surface area contributed by atoms with Crippen LogP contribution in [0.5, 0.6) is 0 Å². The van der Waals surface area contributed by atoms with Crippen molar-refractivity contribution in [1.82, 2.24) is 15.1 Å². The first-order chi connectivity index (χ1) is 7.13. The summed E-state index contributed by atoms with van der Waals surface area (Å²) in [6.07, 6.45) is 1.01. The summed E-state index contributed by atoms with van der Waals surface area (Å²) in [6, 6.07) is 2.63. The summed E-state index contributed by atoms with van der Waals surface area (Å²) in [5.41, 5.74) is 2.50. The molecule has 0 saturated heterocycles. The zero-order chi connectivity index (χ0) is 11.4. The Balaban J connectivity index is 3.04. The summed E-state index contributed by atoms with van der Waals surface area (Å²) in [6.45, 7) is 9.71. The first-order valence-corrected chi connectivity index (χ1v) is 5.87. The minimum atomic E-state index is 0.401. The molecular weight excluding hydrogens is 186 g/mol. The van der Waals surface area contributed by atoms with Crippen molar-refractivity contribution in [2.45, 2.75) is 46.7 Å². The molecule has 3 heteroatoms. The van der Waals surface area contributed by atoms with E-state index in [9.17, 15) is 0 Å². The number of hydrogen-bond donors (Lipinski definition) is 1. The quantitative estimate of drug-likeness (QED) is 0.807. The van der Waals surface area contributed by atoms with Gasteiger partial charge in [0.15, 0.2) is 0 Å². The van der Waals surface area contributed by atoms with Gasteiger partial charge in [-0.05, 0) is 32.4 Å². The fourth-order valence-electron chi connectivity index (χ4n) is 1.99. The summed E-state index contributed by atoms with van der Waals surface area (Å²) < 4.78 is 2.11. The van der Waals surface area contributed by atoms with Crippen molar-refractivity contribution < 1.29 is 0 Å². The topological polar surface area (TPSA) is 29.9 Å². The van der Waals surface area contributed by atoms with Gasteiger partial charge < -0.3 is 5.32 Å². The van der Waals surface area contributed by atoms with Gasteiger partial charge >= 0.3 is 0 Å². The van der Waals surface area contributed by atoms with E-state index >= 15 is 0 Å². The molecule has 15 heavy (non-hydrogen) atoms. The van der Waals surface area contributed by atoms with Crippen molar-refractivity contribution in [3.05, 3.63) is 17.5 Å². The maximum atomic E-state index is 4.58. The first kappa shape index (κ1) is 12.2. The van der Waals surface area contributed by atoms with Gasteiger partial charge in [-0.2, -0.15) is 5.10 Å².